The van der Waals surface area contributed by atoms with Crippen LogP contribution in [0.5, 0.6) is 5.75 Å². The molecular weight excluding hydrogens is 961 g/mol. The van der Waals surface area contributed by atoms with Gasteiger partial charge < -0.3 is 81.5 Å². The van der Waals surface area contributed by atoms with Crippen molar-refractivity contribution in [2.75, 3.05) is 72.1 Å². The number of anilines is 4. The van der Waals surface area contributed by atoms with Crippen molar-refractivity contribution in [3.63, 3.8) is 0 Å². The van der Waals surface area contributed by atoms with Crippen LogP contribution >= 0.6 is 23.5 Å². The third kappa shape index (κ3) is 20.0. The topological polar surface area (TPSA) is 413 Å². The summed E-state index contributed by atoms with van der Waals surface area (Å²) in [7, 11) is 0. The minimum atomic E-state index is -0.773. The lowest BCUT2D eigenvalue weighted by Gasteiger charge is -2.22. The number of hydrogen-bond donors (Lipinski definition) is 16. The Labute approximate surface area is 430 Å². The van der Waals surface area contributed by atoms with Gasteiger partial charge in [0.15, 0.2) is 11.7 Å². The molecule has 3 aromatic rings. The molecule has 0 aliphatic rings. The Hall–Kier alpha value is -6.41. The number of Topliss-reactive ketones (excluding diaryl/α,β-unsaturated/α-hetero) is 1. The van der Waals surface area contributed by atoms with Gasteiger partial charge in [-0.3, -0.25) is 30.6 Å². The van der Waals surface area contributed by atoms with E-state index < -0.39 is 36.0 Å². The summed E-state index contributed by atoms with van der Waals surface area (Å²) in [6.07, 6.45) is 1.60. The average molecular weight is 1040 g/mol. The smallest absolute Gasteiger partial charge is 0.338 e. The van der Waals surface area contributed by atoms with Gasteiger partial charge in [-0.25, -0.2) is 4.79 Å². The molecule has 22 nitrogen and oxygen atoms in total. The molecule has 0 fully saturated rings. The summed E-state index contributed by atoms with van der Waals surface area (Å²) in [4.78, 5) is 57.0. The first-order valence-corrected chi connectivity index (χ1v) is 25.5. The summed E-state index contributed by atoms with van der Waals surface area (Å²) in [5.41, 5.74) is 42.8. The Morgan fingerprint density at radius 2 is 1.10 bits per heavy atom. The Bertz CT molecular complexity index is 2250. The van der Waals surface area contributed by atoms with Gasteiger partial charge in [-0.15, -0.1) is 23.5 Å². The van der Waals surface area contributed by atoms with Crippen LogP contribution in [0.2, 0.25) is 0 Å². The quantitative estimate of drug-likeness (QED) is 0.0108. The Kier molecular flexibility index (Phi) is 25.3. The van der Waals surface area contributed by atoms with Crippen molar-refractivity contribution in [3.8, 4) is 5.75 Å². The van der Waals surface area contributed by atoms with Gasteiger partial charge in [0, 0.05) is 67.3 Å². The molecule has 0 saturated carbocycles. The van der Waals surface area contributed by atoms with Gasteiger partial charge >= 0.3 is 5.97 Å². The number of thioether (sulfide) groups is 2. The number of hydrogen-bond acceptors (Lipinski definition) is 18. The maximum Gasteiger partial charge on any atom is 0.338 e. The number of nitrogens with two attached hydrogens (primary N) is 7. The summed E-state index contributed by atoms with van der Waals surface area (Å²) in [6, 6.07) is 8.93. The van der Waals surface area contributed by atoms with E-state index in [1.807, 2.05) is 13.8 Å². The molecule has 24 heteroatoms. The molecule has 23 N–H and O–H groups in total. The van der Waals surface area contributed by atoms with Gasteiger partial charge in [0.25, 0.3) is 11.8 Å². The standard InChI is InChI=1S/C48H74N16O6S2/c1-26(2)18-40(65)29-22-36(61-43(55)34(53)8-6-13-59-28(5)52)41(71-16-11-50)38(23-29)63-45(66)30-19-31(21-33(20-30)69-15-10-49)46(67)64-39-25-32(47(68)70-27(3)4)24-37(42(39)72-17-12-51)62-44(56)35(54)9-7-14-60-48(57)58/h19-27,34-35,59H,5-18,49-54H2,1-4H3,(H2,55,61)(H2,56,62)(H,63,66)(H,64,67)(H4,57,58,60)/t34-,35-/m1/s1. The second-order valence-corrected chi connectivity index (χ2v) is 19.4. The fraction of sp³-hybridized carbons (Fsp3) is 0.438. The predicted octanol–water partition coefficient (Wildman–Crippen LogP) is 3.92. The highest BCUT2D eigenvalue weighted by Gasteiger charge is 2.25. The third-order valence-electron chi connectivity index (χ3n) is 10.0. The molecule has 0 heterocycles. The summed E-state index contributed by atoms with van der Waals surface area (Å²) in [5, 5.41) is 42.7. The second kappa shape index (κ2) is 30.5. The average Bonchev–Trinajstić information content (AvgIpc) is 3.31. The van der Waals surface area contributed by atoms with Gasteiger partial charge in [-0.2, -0.15) is 0 Å². The Balaban J connectivity index is 2.15. The summed E-state index contributed by atoms with van der Waals surface area (Å²) in [6.45, 7) is 12.4. The van der Waals surface area contributed by atoms with E-state index >= 15 is 0 Å². The molecule has 394 valence electrons. The number of amidine groups is 2. The highest BCUT2D eigenvalue weighted by molar-refractivity contribution is 7.99. The highest BCUT2D eigenvalue weighted by Crippen LogP contribution is 2.39. The number of ether oxygens (including phenoxy) is 2. The van der Waals surface area contributed by atoms with Crippen LogP contribution in [0, 0.1) is 22.1 Å². The number of amides is 2. The molecule has 0 aliphatic heterocycles. The monoisotopic (exact) mass is 1030 g/mol. The fourth-order valence-corrected chi connectivity index (χ4v) is 8.41. The van der Waals surface area contributed by atoms with Crippen LogP contribution in [-0.4, -0.2) is 110 Å². The van der Waals surface area contributed by atoms with Crippen molar-refractivity contribution >= 4 is 87.5 Å². The Morgan fingerprint density at radius 3 is 1.51 bits per heavy atom. The largest absolute Gasteiger partial charge is 0.492 e. The van der Waals surface area contributed by atoms with Crippen LogP contribution < -0.4 is 76.8 Å². The SMILES string of the molecule is C=C(N)NCCC[C@@H](N)C(=N)Nc1cc(C(=O)CC(C)C)cc(NC(=O)c2cc(OCCN)cc(C(=O)Nc3cc(C(=O)OC(C)C)cc(NC(=N)[C@H](N)CCCNC(=N)N)c3SCCN)c2)c1SCCN. The first-order chi connectivity index (χ1) is 34.2. The zero-order valence-corrected chi connectivity index (χ0v) is 43.2. The molecule has 2 atom stereocenters. The van der Waals surface area contributed by atoms with Crippen LogP contribution in [-0.2, 0) is 4.74 Å². The molecule has 3 rings (SSSR count). The van der Waals surface area contributed by atoms with Crippen LogP contribution in [0.1, 0.15) is 101 Å². The van der Waals surface area contributed by atoms with Crippen molar-refractivity contribution in [3.05, 3.63) is 77.1 Å². The van der Waals surface area contributed by atoms with E-state index in [-0.39, 0.29) is 107 Å². The minimum Gasteiger partial charge on any atom is -0.492 e. The molecule has 72 heavy (non-hydrogen) atoms. The number of nitrogens with one attached hydrogen (secondary N) is 9. The summed E-state index contributed by atoms with van der Waals surface area (Å²) in [5.74, 6) is -1.28. The molecule has 0 radical (unpaired) electrons. The summed E-state index contributed by atoms with van der Waals surface area (Å²) >= 11 is 2.56. The van der Waals surface area contributed by atoms with Gasteiger partial charge in [0.05, 0.1) is 62.1 Å². The third-order valence-corrected chi connectivity index (χ3v) is 12.4. The van der Waals surface area contributed by atoms with E-state index in [2.05, 4.69) is 38.5 Å². The first kappa shape index (κ1) is 59.9. The highest BCUT2D eigenvalue weighted by atomic mass is 32.2. The van der Waals surface area contributed by atoms with Gasteiger partial charge in [0.1, 0.15) is 24.0 Å². The minimum absolute atomic E-state index is 0.00307. The van der Waals surface area contributed by atoms with Crippen molar-refractivity contribution < 1.29 is 28.7 Å². The van der Waals surface area contributed by atoms with Crippen LogP contribution in [0.25, 0.3) is 0 Å². The fourth-order valence-electron chi connectivity index (χ4n) is 6.70. The van der Waals surface area contributed by atoms with Gasteiger partial charge in [-0.1, -0.05) is 20.4 Å². The van der Waals surface area contributed by atoms with E-state index in [1.165, 1.54) is 53.9 Å². The molecule has 0 aliphatic carbocycles. The molecule has 0 aromatic heterocycles. The molecule has 0 spiro atoms. The molecule has 0 bridgehead atoms. The number of benzene rings is 3. The van der Waals surface area contributed by atoms with Gasteiger partial charge in [-0.05, 0) is 87.9 Å². The molecule has 0 unspecified atom stereocenters. The van der Waals surface area contributed by atoms with Crippen molar-refractivity contribution in [2.45, 2.75) is 87.8 Å². The number of ketones is 1. The maximum atomic E-state index is 14.5. The predicted molar refractivity (Wildman–Crippen MR) is 292 cm³/mol. The molecular formula is C48H74N16O6S2. The Morgan fingerprint density at radius 1 is 0.639 bits per heavy atom. The first-order valence-electron chi connectivity index (χ1n) is 23.5. The van der Waals surface area contributed by atoms with Crippen molar-refractivity contribution in [1.82, 2.24) is 10.6 Å². The normalized spacial score (nSPS) is 11.8. The molecule has 3 aromatic carbocycles. The maximum absolute atomic E-state index is 14.5. The molecule has 0 saturated heterocycles. The summed E-state index contributed by atoms with van der Waals surface area (Å²) < 4.78 is 11.4. The van der Waals surface area contributed by atoms with Crippen molar-refractivity contribution in [1.29, 1.82) is 16.2 Å². The van der Waals surface area contributed by atoms with Crippen LogP contribution in [0.3, 0.4) is 0 Å². The number of carbonyl (C=O) groups is 4. The van der Waals surface area contributed by atoms with E-state index in [4.69, 9.17) is 65.8 Å². The number of rotatable bonds is 31. The van der Waals surface area contributed by atoms with Gasteiger partial charge in [0.2, 0.25) is 0 Å². The number of carbonyl (C=O) groups excluding carboxylic acids is 4. The number of guanidine groups is 1. The lowest BCUT2D eigenvalue weighted by Crippen LogP contribution is -2.37. The molecule has 2 amide bonds. The van der Waals surface area contributed by atoms with Crippen molar-refractivity contribution in [2.24, 2.45) is 46.1 Å². The van der Waals surface area contributed by atoms with E-state index in [9.17, 15) is 19.2 Å². The zero-order chi connectivity index (χ0) is 53.5. The lowest BCUT2D eigenvalue weighted by atomic mass is 10.00. The lowest BCUT2D eigenvalue weighted by molar-refractivity contribution is 0.0377. The van der Waals surface area contributed by atoms with E-state index in [0.29, 0.717) is 71.6 Å². The van der Waals surface area contributed by atoms with E-state index in [1.54, 1.807) is 26.0 Å². The van der Waals surface area contributed by atoms with Crippen LogP contribution in [0.15, 0.2) is 64.7 Å². The number of esters is 1. The zero-order valence-electron chi connectivity index (χ0n) is 41.6. The van der Waals surface area contributed by atoms with E-state index in [0.717, 1.165) is 0 Å². The van der Waals surface area contributed by atoms with Crippen LogP contribution in [0.4, 0.5) is 22.7 Å². The second-order valence-electron chi connectivity index (χ2n) is 17.2.